The van der Waals surface area contributed by atoms with Crippen molar-refractivity contribution in [1.82, 2.24) is 19.2 Å². The van der Waals surface area contributed by atoms with E-state index in [1.807, 2.05) is 36.4 Å². The molecule has 4 rings (SSSR count). The van der Waals surface area contributed by atoms with Crippen molar-refractivity contribution in [3.05, 3.63) is 65.2 Å². The van der Waals surface area contributed by atoms with Crippen LogP contribution >= 0.6 is 0 Å². The minimum absolute atomic E-state index is 0.0988. The topological polar surface area (TPSA) is 115 Å². The third kappa shape index (κ3) is 8.04. The van der Waals surface area contributed by atoms with Gasteiger partial charge in [-0.1, -0.05) is 36.4 Å². The van der Waals surface area contributed by atoms with E-state index in [0.717, 1.165) is 21.3 Å². The largest absolute Gasteiger partial charge is 0.758 e. The van der Waals surface area contributed by atoms with Gasteiger partial charge in [0.05, 0.1) is 32.9 Å². The molecule has 2 aromatic rings. The van der Waals surface area contributed by atoms with Crippen molar-refractivity contribution in [1.29, 1.82) is 0 Å². The lowest BCUT2D eigenvalue weighted by molar-refractivity contribution is -0.134. The maximum Gasteiger partial charge on any atom is 0.336 e. The molecule has 1 aliphatic heterocycles. The number of benzene rings is 2. The number of rotatable bonds is 16. The van der Waals surface area contributed by atoms with E-state index in [4.69, 9.17) is 14.2 Å². The van der Waals surface area contributed by atoms with Gasteiger partial charge in [-0.05, 0) is 54.0 Å². The molecule has 224 valence electrons. The number of hydrazine groups is 1. The van der Waals surface area contributed by atoms with E-state index in [-0.39, 0.29) is 38.9 Å². The van der Waals surface area contributed by atoms with E-state index in [2.05, 4.69) is 12.1 Å². The highest BCUT2D eigenvalue weighted by Gasteiger charge is 2.42. The fourth-order valence-electron chi connectivity index (χ4n) is 4.99. The third-order valence-corrected chi connectivity index (χ3v) is 8.22. The molecule has 41 heavy (non-hydrogen) atoms. The van der Waals surface area contributed by atoms with Crippen LogP contribution in [0.2, 0.25) is 0 Å². The Labute approximate surface area is 244 Å². The van der Waals surface area contributed by atoms with E-state index in [0.29, 0.717) is 18.9 Å². The van der Waals surface area contributed by atoms with Crippen molar-refractivity contribution >= 4 is 23.2 Å². The number of ether oxygens (including phenoxy) is 3. The summed E-state index contributed by atoms with van der Waals surface area (Å²) >= 11 is -2.86. The highest BCUT2D eigenvalue weighted by Crippen LogP contribution is 2.41. The molecule has 11 nitrogen and oxygen atoms in total. The van der Waals surface area contributed by atoms with Crippen molar-refractivity contribution in [3.8, 4) is 5.75 Å². The van der Waals surface area contributed by atoms with Crippen LogP contribution < -0.4 is 4.74 Å². The summed E-state index contributed by atoms with van der Waals surface area (Å²) in [6.45, 7) is 1.09. The summed E-state index contributed by atoms with van der Waals surface area (Å²) < 4.78 is 41.1. The van der Waals surface area contributed by atoms with Crippen molar-refractivity contribution in [2.45, 2.75) is 31.2 Å². The molecule has 3 amide bonds. The highest BCUT2D eigenvalue weighted by atomic mass is 32.2. The fraction of sp³-hybridized carbons (Fsp3) is 0.517. The van der Waals surface area contributed by atoms with Gasteiger partial charge in [-0.2, -0.15) is 0 Å². The van der Waals surface area contributed by atoms with Gasteiger partial charge in [0.1, 0.15) is 12.3 Å². The Balaban J connectivity index is 1.55. The zero-order chi connectivity index (χ0) is 29.4. The average molecular weight is 588 g/mol. The van der Waals surface area contributed by atoms with Gasteiger partial charge < -0.3 is 28.6 Å². The lowest BCUT2D eigenvalue weighted by atomic mass is 10.0. The number of hydrogen-bond donors (Lipinski definition) is 0. The molecule has 12 heteroatoms. The number of carbonyl (C=O) groups is 2. The molecule has 0 aromatic heterocycles. The fourth-order valence-corrected chi connectivity index (χ4v) is 5.51. The second-order valence-electron chi connectivity index (χ2n) is 10.2. The molecule has 0 N–H and O–H groups in total. The van der Waals surface area contributed by atoms with Crippen molar-refractivity contribution in [3.63, 3.8) is 0 Å². The predicted molar refractivity (Wildman–Crippen MR) is 153 cm³/mol. The molecule has 2 fully saturated rings. The van der Waals surface area contributed by atoms with Gasteiger partial charge in [-0.3, -0.25) is 9.00 Å². The maximum atomic E-state index is 13.8. The Morgan fingerprint density at radius 2 is 1.59 bits per heavy atom. The predicted octanol–water partition coefficient (Wildman–Crippen LogP) is 2.73. The normalized spacial score (nSPS) is 17.8. The van der Waals surface area contributed by atoms with Crippen LogP contribution in [0.25, 0.3) is 0 Å². The molecule has 1 heterocycles. The molecule has 1 aliphatic carbocycles. The van der Waals surface area contributed by atoms with E-state index in [9.17, 15) is 18.4 Å². The van der Waals surface area contributed by atoms with Gasteiger partial charge in [0.25, 0.3) is 0 Å². The average Bonchev–Trinajstić information content (AvgIpc) is 3.79. The molecular formula is C29H39N4O7S-. The van der Waals surface area contributed by atoms with Crippen LogP contribution in [0.5, 0.6) is 5.75 Å². The molecule has 0 spiro atoms. The molecule has 2 aliphatic rings. The van der Waals surface area contributed by atoms with Gasteiger partial charge >= 0.3 is 6.03 Å². The molecule has 1 saturated carbocycles. The van der Waals surface area contributed by atoms with Crippen molar-refractivity contribution in [2.24, 2.45) is 0 Å². The minimum atomic E-state index is -2.86. The SMILES string of the molecule is COCCN(CCOC)C(=O)CN(N1CC(c2ccc(C3CC3)cc2)N(CCc2ccc(OC)cc2)C1=O)S(=O)[O-]. The van der Waals surface area contributed by atoms with Crippen LogP contribution in [0.4, 0.5) is 4.79 Å². The third-order valence-electron chi connectivity index (χ3n) is 7.55. The number of amides is 3. The summed E-state index contributed by atoms with van der Waals surface area (Å²) in [4.78, 5) is 30.1. The van der Waals surface area contributed by atoms with Gasteiger partial charge in [-0.15, -0.1) is 4.41 Å². The summed E-state index contributed by atoms with van der Waals surface area (Å²) in [5.74, 6) is 0.896. The Kier molecular flexibility index (Phi) is 11.1. The zero-order valence-electron chi connectivity index (χ0n) is 23.9. The summed E-state index contributed by atoms with van der Waals surface area (Å²) in [5.41, 5.74) is 3.22. The Hall–Kier alpha value is -3.03. The van der Waals surface area contributed by atoms with Crippen LogP contribution in [-0.2, 0) is 32.0 Å². The summed E-state index contributed by atoms with van der Waals surface area (Å²) in [5, 5.41) is 1.17. The maximum absolute atomic E-state index is 13.8. The standard InChI is InChI=1S/C29H40N4O7S/c1-38-18-16-30(17-19-39-2)28(34)21-33(41(36)37)32-20-27(25-10-8-24(9-11-25)23-6-7-23)31(29(32)35)15-14-22-4-12-26(40-3)13-5-22/h4-5,8-13,23,27H,6-7,14-21H2,1-3H3,(H,36,37)/p-1. The smallest absolute Gasteiger partial charge is 0.336 e. The van der Waals surface area contributed by atoms with Crippen LogP contribution in [0.3, 0.4) is 0 Å². The van der Waals surface area contributed by atoms with Crippen LogP contribution in [0, 0.1) is 0 Å². The number of carbonyl (C=O) groups excluding carboxylic acids is 2. The van der Waals surface area contributed by atoms with Gasteiger partial charge in [-0.25, -0.2) is 9.80 Å². The number of methoxy groups -OCH3 is 3. The zero-order valence-corrected chi connectivity index (χ0v) is 24.7. The molecule has 2 unspecified atom stereocenters. The first-order valence-electron chi connectivity index (χ1n) is 13.8. The van der Waals surface area contributed by atoms with Crippen molar-refractivity contribution in [2.75, 3.05) is 67.3 Å². The first-order valence-corrected chi connectivity index (χ1v) is 14.8. The molecule has 1 saturated heterocycles. The van der Waals surface area contributed by atoms with Gasteiger partial charge in [0, 0.05) is 45.1 Å². The van der Waals surface area contributed by atoms with Crippen LogP contribution in [-0.4, -0.2) is 107 Å². The van der Waals surface area contributed by atoms with E-state index < -0.39 is 29.7 Å². The lowest BCUT2D eigenvalue weighted by Gasteiger charge is -2.33. The Bertz CT molecular complexity index is 1170. The second kappa shape index (κ2) is 14.7. The van der Waals surface area contributed by atoms with E-state index >= 15 is 0 Å². The molecular weight excluding hydrogens is 548 g/mol. The Morgan fingerprint density at radius 3 is 2.12 bits per heavy atom. The van der Waals surface area contributed by atoms with E-state index in [1.165, 1.54) is 42.5 Å². The summed E-state index contributed by atoms with van der Waals surface area (Å²) in [6.07, 6.45) is 2.95. The van der Waals surface area contributed by atoms with Crippen molar-refractivity contribution < 1.29 is 32.6 Å². The number of nitrogens with zero attached hydrogens (tertiary/aromatic N) is 4. The Morgan fingerprint density at radius 1 is 0.976 bits per heavy atom. The first kappa shape index (κ1) is 30.9. The summed E-state index contributed by atoms with van der Waals surface area (Å²) in [6, 6.07) is 15.0. The monoisotopic (exact) mass is 587 g/mol. The molecule has 0 radical (unpaired) electrons. The van der Waals surface area contributed by atoms with Crippen LogP contribution in [0.1, 0.15) is 41.5 Å². The van der Waals surface area contributed by atoms with Crippen LogP contribution in [0.15, 0.2) is 48.5 Å². The van der Waals surface area contributed by atoms with Gasteiger partial charge in [0.15, 0.2) is 0 Å². The minimum Gasteiger partial charge on any atom is -0.758 e. The number of hydrogen-bond acceptors (Lipinski definition) is 7. The number of urea groups is 1. The summed E-state index contributed by atoms with van der Waals surface area (Å²) in [7, 11) is 4.66. The molecule has 0 bridgehead atoms. The molecule has 2 atom stereocenters. The lowest BCUT2D eigenvalue weighted by Crippen LogP contribution is -2.51. The second-order valence-corrected chi connectivity index (χ2v) is 11.1. The quantitative estimate of drug-likeness (QED) is 0.278. The highest BCUT2D eigenvalue weighted by molar-refractivity contribution is 7.76. The first-order chi connectivity index (χ1) is 19.9. The van der Waals surface area contributed by atoms with E-state index in [1.54, 1.807) is 12.0 Å². The molecule has 2 aromatic carbocycles. The van der Waals surface area contributed by atoms with Gasteiger partial charge in [0.2, 0.25) is 5.91 Å².